The summed E-state index contributed by atoms with van der Waals surface area (Å²) >= 11 is 4.34. The number of ether oxygens (including phenoxy) is 1. The van der Waals surface area contributed by atoms with Gasteiger partial charge in [0, 0.05) is 20.7 Å². The molecule has 1 aromatic rings. The lowest BCUT2D eigenvalue weighted by Crippen LogP contribution is -2.42. The molecule has 1 aromatic carbocycles. The van der Waals surface area contributed by atoms with E-state index in [9.17, 15) is 9.59 Å². The van der Waals surface area contributed by atoms with Crippen molar-refractivity contribution in [3.63, 3.8) is 0 Å². The highest BCUT2D eigenvalue weighted by Gasteiger charge is 2.20. The first kappa shape index (κ1) is 17.5. The van der Waals surface area contributed by atoms with E-state index < -0.39 is 5.25 Å². The van der Waals surface area contributed by atoms with Gasteiger partial charge in [-0.25, -0.2) is 0 Å². The maximum Gasteiger partial charge on any atom is 0.239 e. The predicted molar refractivity (Wildman–Crippen MR) is 85.4 cm³/mol. The average Bonchev–Trinajstić information content (AvgIpc) is 2.47. The second-order valence-electron chi connectivity index (χ2n) is 4.74. The van der Waals surface area contributed by atoms with Crippen LogP contribution < -0.4 is 5.32 Å². The van der Waals surface area contributed by atoms with Crippen LogP contribution in [0, 0.1) is 0 Å². The number of rotatable bonds is 8. The average molecular weight is 310 g/mol. The smallest absolute Gasteiger partial charge is 0.239 e. The minimum atomic E-state index is -0.454. The Bertz CT molecular complexity index is 453. The number of hydrogen-bond acceptors (Lipinski definition) is 4. The second-order valence-corrected chi connectivity index (χ2v) is 5.37. The molecule has 0 radical (unpaired) electrons. The van der Waals surface area contributed by atoms with Crippen LogP contribution in [0.4, 0.5) is 0 Å². The number of carbonyl (C=O) groups is 2. The summed E-state index contributed by atoms with van der Waals surface area (Å²) in [5.74, 6) is -0.368. The first-order chi connectivity index (χ1) is 10.0. The summed E-state index contributed by atoms with van der Waals surface area (Å²) in [4.78, 5) is 25.2. The van der Waals surface area contributed by atoms with Crippen LogP contribution in [0.1, 0.15) is 5.56 Å². The van der Waals surface area contributed by atoms with Gasteiger partial charge in [0.15, 0.2) is 0 Å². The van der Waals surface area contributed by atoms with Crippen molar-refractivity contribution in [3.8, 4) is 0 Å². The summed E-state index contributed by atoms with van der Waals surface area (Å²) in [5, 5.41) is 2.22. The Hall–Kier alpha value is -1.53. The van der Waals surface area contributed by atoms with Crippen molar-refractivity contribution < 1.29 is 14.3 Å². The Morgan fingerprint density at radius 2 is 2.00 bits per heavy atom. The molecule has 0 fully saturated rings. The third-order valence-corrected chi connectivity index (χ3v) is 3.35. The molecule has 2 amide bonds. The highest BCUT2D eigenvalue weighted by molar-refractivity contribution is 7.81. The van der Waals surface area contributed by atoms with Crippen molar-refractivity contribution >= 4 is 24.4 Å². The zero-order valence-electron chi connectivity index (χ0n) is 12.4. The zero-order chi connectivity index (χ0) is 15.7. The Morgan fingerprint density at radius 3 is 2.62 bits per heavy atom. The second kappa shape index (κ2) is 9.41. The molecule has 0 heterocycles. The Morgan fingerprint density at radius 1 is 1.33 bits per heavy atom. The van der Waals surface area contributed by atoms with Crippen LogP contribution in [0.2, 0.25) is 0 Å². The van der Waals surface area contributed by atoms with Crippen LogP contribution in [0.3, 0.4) is 0 Å². The molecule has 0 saturated heterocycles. The number of nitrogens with one attached hydrogen (secondary N) is 1. The van der Waals surface area contributed by atoms with Gasteiger partial charge in [-0.3, -0.25) is 9.59 Å². The van der Waals surface area contributed by atoms with E-state index in [4.69, 9.17) is 4.74 Å². The zero-order valence-corrected chi connectivity index (χ0v) is 13.3. The number of benzene rings is 1. The maximum absolute atomic E-state index is 12.2. The molecule has 21 heavy (non-hydrogen) atoms. The van der Waals surface area contributed by atoms with Gasteiger partial charge in [-0.05, 0) is 12.0 Å². The van der Waals surface area contributed by atoms with Gasteiger partial charge in [0.1, 0.15) is 0 Å². The number of methoxy groups -OCH3 is 1. The van der Waals surface area contributed by atoms with E-state index in [1.54, 1.807) is 14.2 Å². The van der Waals surface area contributed by atoms with Crippen LogP contribution in [-0.2, 0) is 20.7 Å². The molecule has 6 heteroatoms. The fraction of sp³-hybridized carbons (Fsp3) is 0.467. The first-order valence-corrected chi connectivity index (χ1v) is 7.29. The molecular formula is C15H22N2O3S. The summed E-state index contributed by atoms with van der Waals surface area (Å²) in [5.41, 5.74) is 1.05. The lowest BCUT2D eigenvalue weighted by atomic mass is 10.1. The number of hydrogen-bond donors (Lipinski definition) is 2. The molecule has 0 saturated carbocycles. The minimum Gasteiger partial charge on any atom is -0.383 e. The van der Waals surface area contributed by atoms with Gasteiger partial charge in [-0.1, -0.05) is 30.3 Å². The van der Waals surface area contributed by atoms with Gasteiger partial charge in [0.25, 0.3) is 0 Å². The van der Waals surface area contributed by atoms with Gasteiger partial charge < -0.3 is 15.0 Å². The topological polar surface area (TPSA) is 58.6 Å². The van der Waals surface area contributed by atoms with E-state index >= 15 is 0 Å². The quantitative estimate of drug-likeness (QED) is 0.550. The maximum atomic E-state index is 12.2. The van der Waals surface area contributed by atoms with Crippen LogP contribution in [-0.4, -0.2) is 55.8 Å². The summed E-state index contributed by atoms with van der Waals surface area (Å²) in [7, 11) is 3.17. The molecule has 0 aliphatic carbocycles. The Labute approximate surface area is 131 Å². The fourth-order valence-corrected chi connectivity index (χ4v) is 2.23. The number of carbonyl (C=O) groups excluding carboxylic acids is 2. The molecule has 0 spiro atoms. The fourth-order valence-electron chi connectivity index (χ4n) is 1.82. The van der Waals surface area contributed by atoms with Gasteiger partial charge in [0.05, 0.1) is 18.4 Å². The van der Waals surface area contributed by atoms with Gasteiger partial charge in [0.2, 0.25) is 11.8 Å². The third kappa shape index (κ3) is 6.64. The molecule has 0 aromatic heterocycles. The normalized spacial score (nSPS) is 11.8. The van der Waals surface area contributed by atoms with E-state index in [0.717, 1.165) is 5.56 Å². The Kier molecular flexibility index (Phi) is 7.85. The molecule has 5 nitrogen and oxygen atoms in total. The molecule has 0 bridgehead atoms. The van der Waals surface area contributed by atoms with Crippen molar-refractivity contribution in [1.82, 2.24) is 10.2 Å². The summed E-state index contributed by atoms with van der Waals surface area (Å²) < 4.78 is 4.84. The third-order valence-electron chi connectivity index (χ3n) is 2.94. The first-order valence-electron chi connectivity index (χ1n) is 6.77. The van der Waals surface area contributed by atoms with Crippen molar-refractivity contribution in [2.45, 2.75) is 11.7 Å². The number of nitrogens with zero attached hydrogens (tertiary/aromatic N) is 1. The van der Waals surface area contributed by atoms with Crippen molar-refractivity contribution in [2.24, 2.45) is 0 Å². The van der Waals surface area contributed by atoms with E-state index in [1.165, 1.54) is 4.90 Å². The van der Waals surface area contributed by atoms with Gasteiger partial charge >= 0.3 is 0 Å². The lowest BCUT2D eigenvalue weighted by Gasteiger charge is -2.20. The Balaban J connectivity index is 2.40. The molecule has 1 atom stereocenters. The van der Waals surface area contributed by atoms with Gasteiger partial charge in [-0.2, -0.15) is 12.6 Å². The van der Waals surface area contributed by atoms with E-state index in [0.29, 0.717) is 19.6 Å². The van der Waals surface area contributed by atoms with E-state index in [-0.39, 0.29) is 18.4 Å². The van der Waals surface area contributed by atoms with Gasteiger partial charge in [-0.15, -0.1) is 0 Å². The molecule has 0 aliphatic heterocycles. The van der Waals surface area contributed by atoms with Crippen molar-refractivity contribution in [3.05, 3.63) is 35.9 Å². The summed E-state index contributed by atoms with van der Waals surface area (Å²) in [6, 6.07) is 9.68. The molecule has 0 aliphatic rings. The van der Waals surface area contributed by atoms with Crippen LogP contribution in [0.15, 0.2) is 30.3 Å². The van der Waals surface area contributed by atoms with Crippen molar-refractivity contribution in [2.75, 3.05) is 33.9 Å². The van der Waals surface area contributed by atoms with Crippen LogP contribution >= 0.6 is 12.6 Å². The monoisotopic (exact) mass is 310 g/mol. The van der Waals surface area contributed by atoms with E-state index in [1.807, 2.05) is 30.3 Å². The largest absolute Gasteiger partial charge is 0.383 e. The molecule has 1 N–H and O–H groups in total. The summed E-state index contributed by atoms with van der Waals surface area (Å²) in [6.45, 7) is 0.909. The molecule has 1 rings (SSSR count). The highest BCUT2D eigenvalue weighted by Crippen LogP contribution is 2.10. The van der Waals surface area contributed by atoms with Crippen LogP contribution in [0.5, 0.6) is 0 Å². The molecule has 1 unspecified atom stereocenters. The van der Waals surface area contributed by atoms with E-state index in [2.05, 4.69) is 17.9 Å². The number of amides is 2. The molecule has 116 valence electrons. The number of likely N-dealkylation sites (N-methyl/N-ethyl adjacent to an activating group) is 1. The van der Waals surface area contributed by atoms with Crippen LogP contribution in [0.25, 0.3) is 0 Å². The lowest BCUT2D eigenvalue weighted by molar-refractivity contribution is -0.134. The SMILES string of the molecule is COCCNC(=O)CN(C)C(=O)C(S)Cc1ccccc1. The van der Waals surface area contributed by atoms with Crippen molar-refractivity contribution in [1.29, 1.82) is 0 Å². The molecular weight excluding hydrogens is 288 g/mol. The predicted octanol–water partition coefficient (Wildman–Crippen LogP) is 0.749. The highest BCUT2D eigenvalue weighted by atomic mass is 32.1. The standard InChI is InChI=1S/C15H22N2O3S/c1-17(11-14(18)16-8-9-20-2)15(19)13(21)10-12-6-4-3-5-7-12/h3-7,13,21H,8-11H2,1-2H3,(H,16,18). The number of thiol groups is 1. The minimum absolute atomic E-state index is 0.0222. The summed E-state index contributed by atoms with van der Waals surface area (Å²) in [6.07, 6.45) is 0.540.